The molecule has 0 heterocycles. The Hall–Kier alpha value is -0.160. The third-order valence-corrected chi connectivity index (χ3v) is 0.776. The molecule has 0 fully saturated rings. The maximum Gasteiger partial charge on any atom is 0.154 e. The fourth-order valence-electron chi connectivity index (χ4n) is 0.287. The summed E-state index contributed by atoms with van der Waals surface area (Å²) in [6.45, 7) is 4.10. The van der Waals surface area contributed by atoms with Crippen molar-refractivity contribution in [3.8, 4) is 0 Å². The molecule has 0 saturated carbocycles. The van der Waals surface area contributed by atoms with Crippen molar-refractivity contribution in [3.63, 3.8) is 0 Å². The van der Waals surface area contributed by atoms with Crippen LogP contribution in [0.4, 0.5) is 0 Å². The smallest absolute Gasteiger partial charge is 0.154 e. The molecule has 2 N–H and O–H groups in total. The monoisotopic (exact) mass is 166 g/mol. The molecule has 4 heteroatoms. The molecule has 1 atom stereocenters. The van der Waals surface area contributed by atoms with Gasteiger partial charge in [0.15, 0.2) is 6.29 Å². The van der Waals surface area contributed by atoms with Gasteiger partial charge in [-0.3, -0.25) is 0 Å². The van der Waals surface area contributed by atoms with Crippen LogP contribution in [0.1, 0.15) is 13.8 Å². The van der Waals surface area contributed by atoms with Crippen LogP contribution in [0.3, 0.4) is 0 Å². The molecule has 0 aliphatic carbocycles. The molecule has 11 heavy (non-hydrogen) atoms. The van der Waals surface area contributed by atoms with Crippen LogP contribution in [0.5, 0.6) is 0 Å². The number of ether oxygens (including phenoxy) is 2. The predicted molar refractivity (Wildman–Crippen MR) is 42.3 cm³/mol. The second-order valence-electron chi connectivity index (χ2n) is 1.71. The van der Waals surface area contributed by atoms with Crippen LogP contribution >= 0.6 is 0 Å². The van der Waals surface area contributed by atoms with Gasteiger partial charge in [0, 0.05) is 13.7 Å². The number of hydrogen-bond donors (Lipinski definition) is 2. The summed E-state index contributed by atoms with van der Waals surface area (Å²) < 4.78 is 9.59. The van der Waals surface area contributed by atoms with E-state index < -0.39 is 0 Å². The zero-order chi connectivity index (χ0) is 9.11. The van der Waals surface area contributed by atoms with E-state index in [0.29, 0.717) is 6.61 Å². The molecule has 0 amide bonds. The summed E-state index contributed by atoms with van der Waals surface area (Å²) in [5.74, 6) is 0. The van der Waals surface area contributed by atoms with Crippen molar-refractivity contribution in [3.05, 3.63) is 0 Å². The van der Waals surface area contributed by atoms with Crippen molar-refractivity contribution in [1.29, 1.82) is 0 Å². The Morgan fingerprint density at radius 1 is 1.36 bits per heavy atom. The van der Waals surface area contributed by atoms with Crippen LogP contribution in [0.25, 0.3) is 0 Å². The average molecular weight is 166 g/mol. The van der Waals surface area contributed by atoms with Gasteiger partial charge in [-0.25, -0.2) is 0 Å². The molecule has 0 aliphatic rings. The maximum absolute atomic E-state index is 8.23. The van der Waals surface area contributed by atoms with Crippen molar-refractivity contribution < 1.29 is 19.7 Å². The quantitative estimate of drug-likeness (QED) is 0.576. The zero-order valence-corrected chi connectivity index (χ0v) is 7.41. The first kappa shape index (κ1) is 13.4. The topological polar surface area (TPSA) is 58.9 Å². The summed E-state index contributed by atoms with van der Waals surface area (Å²) in [4.78, 5) is 0. The molecule has 0 spiro atoms. The molecular weight excluding hydrogens is 148 g/mol. The zero-order valence-electron chi connectivity index (χ0n) is 7.41. The van der Waals surface area contributed by atoms with Gasteiger partial charge < -0.3 is 19.7 Å². The summed E-state index contributed by atoms with van der Waals surface area (Å²) in [5, 5.41) is 15.8. The lowest BCUT2D eigenvalue weighted by molar-refractivity contribution is -0.117. The molecule has 0 aliphatic heterocycles. The van der Waals surface area contributed by atoms with Crippen molar-refractivity contribution >= 4 is 0 Å². The molecule has 4 nitrogen and oxygen atoms in total. The standard InChI is InChI=1S/C5H12O3.C2H6O/c1-5(7-2)8-4-3-6;1-2-3/h5-6H,3-4H2,1-2H3;3H,2H2,1H3. The van der Waals surface area contributed by atoms with Crippen molar-refractivity contribution in [2.45, 2.75) is 20.1 Å². The van der Waals surface area contributed by atoms with Crippen LogP contribution in [0.2, 0.25) is 0 Å². The molecule has 1 unspecified atom stereocenters. The molecular formula is C7H18O4. The summed E-state index contributed by atoms with van der Waals surface area (Å²) >= 11 is 0. The van der Waals surface area contributed by atoms with Gasteiger partial charge in [0.05, 0.1) is 13.2 Å². The number of aliphatic hydroxyl groups excluding tert-OH is 2. The highest BCUT2D eigenvalue weighted by Gasteiger charge is 1.94. The van der Waals surface area contributed by atoms with E-state index in [1.807, 2.05) is 0 Å². The Labute approximate surface area is 67.8 Å². The Morgan fingerprint density at radius 2 is 1.82 bits per heavy atom. The van der Waals surface area contributed by atoms with E-state index in [9.17, 15) is 0 Å². The van der Waals surface area contributed by atoms with Gasteiger partial charge in [0.25, 0.3) is 0 Å². The molecule has 0 bridgehead atoms. The number of methoxy groups -OCH3 is 1. The molecule has 0 radical (unpaired) electrons. The van der Waals surface area contributed by atoms with Gasteiger partial charge >= 0.3 is 0 Å². The van der Waals surface area contributed by atoms with Gasteiger partial charge in [-0.05, 0) is 13.8 Å². The fourth-order valence-corrected chi connectivity index (χ4v) is 0.287. The summed E-state index contributed by atoms with van der Waals surface area (Å²) in [7, 11) is 1.56. The lowest BCUT2D eigenvalue weighted by Gasteiger charge is -2.08. The first-order chi connectivity index (χ1) is 5.22. The van der Waals surface area contributed by atoms with E-state index in [2.05, 4.69) is 0 Å². The Kier molecular flexibility index (Phi) is 15.3. The Balaban J connectivity index is 0. The van der Waals surface area contributed by atoms with Gasteiger partial charge in [-0.1, -0.05) is 0 Å². The minimum atomic E-state index is -0.206. The first-order valence-corrected chi connectivity index (χ1v) is 3.59. The number of rotatable bonds is 4. The number of hydrogen-bond acceptors (Lipinski definition) is 4. The minimum Gasteiger partial charge on any atom is -0.397 e. The second-order valence-corrected chi connectivity index (χ2v) is 1.71. The van der Waals surface area contributed by atoms with E-state index in [-0.39, 0.29) is 19.5 Å². The summed E-state index contributed by atoms with van der Waals surface area (Å²) in [6, 6.07) is 0. The van der Waals surface area contributed by atoms with E-state index >= 15 is 0 Å². The van der Waals surface area contributed by atoms with E-state index in [0.717, 1.165) is 0 Å². The molecule has 70 valence electrons. The fraction of sp³-hybridized carbons (Fsp3) is 1.00. The van der Waals surface area contributed by atoms with Crippen LogP contribution in [0, 0.1) is 0 Å². The number of aliphatic hydroxyl groups is 2. The summed E-state index contributed by atoms with van der Waals surface area (Å²) in [6.07, 6.45) is -0.206. The SMILES string of the molecule is CCO.COC(C)OCCO. The second kappa shape index (κ2) is 12.5. The lowest BCUT2D eigenvalue weighted by atomic mass is 10.7. The largest absolute Gasteiger partial charge is 0.397 e. The van der Waals surface area contributed by atoms with Gasteiger partial charge in [-0.15, -0.1) is 0 Å². The van der Waals surface area contributed by atoms with Gasteiger partial charge in [0.2, 0.25) is 0 Å². The average Bonchev–Trinajstić information content (AvgIpc) is 2.02. The van der Waals surface area contributed by atoms with Gasteiger partial charge in [0.1, 0.15) is 0 Å². The van der Waals surface area contributed by atoms with Crippen LogP contribution < -0.4 is 0 Å². The van der Waals surface area contributed by atoms with Crippen molar-refractivity contribution in [1.82, 2.24) is 0 Å². The predicted octanol–water partition coefficient (Wildman–Crippen LogP) is -0.0137. The third-order valence-electron chi connectivity index (χ3n) is 0.776. The van der Waals surface area contributed by atoms with E-state index in [1.54, 1.807) is 21.0 Å². The Bertz CT molecular complexity index is 58.4. The van der Waals surface area contributed by atoms with Crippen molar-refractivity contribution in [2.24, 2.45) is 0 Å². The maximum atomic E-state index is 8.23. The molecule has 0 rings (SSSR count). The van der Waals surface area contributed by atoms with Crippen molar-refractivity contribution in [2.75, 3.05) is 26.9 Å². The first-order valence-electron chi connectivity index (χ1n) is 3.59. The molecule has 0 aromatic carbocycles. The van der Waals surface area contributed by atoms with Gasteiger partial charge in [-0.2, -0.15) is 0 Å². The Morgan fingerprint density at radius 3 is 2.09 bits per heavy atom. The minimum absolute atomic E-state index is 0.0493. The summed E-state index contributed by atoms with van der Waals surface area (Å²) in [5.41, 5.74) is 0. The van der Waals surface area contributed by atoms with E-state index in [4.69, 9.17) is 19.7 Å². The molecule has 0 aromatic heterocycles. The normalized spacial score (nSPS) is 11.7. The highest BCUT2D eigenvalue weighted by Crippen LogP contribution is 1.87. The van der Waals surface area contributed by atoms with E-state index in [1.165, 1.54) is 0 Å². The van der Waals surface area contributed by atoms with Crippen LogP contribution in [-0.2, 0) is 9.47 Å². The molecule has 0 saturated heterocycles. The lowest BCUT2D eigenvalue weighted by Crippen LogP contribution is -2.12. The highest BCUT2D eigenvalue weighted by molar-refractivity contribution is 4.27. The van der Waals surface area contributed by atoms with Crippen LogP contribution in [-0.4, -0.2) is 43.4 Å². The highest BCUT2D eigenvalue weighted by atomic mass is 16.7. The van der Waals surface area contributed by atoms with Crippen LogP contribution in [0.15, 0.2) is 0 Å². The molecule has 0 aromatic rings. The third kappa shape index (κ3) is 17.7.